The van der Waals surface area contributed by atoms with Gasteiger partial charge in [-0.3, -0.25) is 0 Å². The molecule has 0 aromatic heterocycles. The van der Waals surface area contributed by atoms with E-state index in [1.807, 2.05) is 31.2 Å². The molecule has 0 amide bonds. The summed E-state index contributed by atoms with van der Waals surface area (Å²) in [5.41, 5.74) is 3.54. The third-order valence-electron chi connectivity index (χ3n) is 4.51. The lowest BCUT2D eigenvalue weighted by molar-refractivity contribution is 0.267. The highest BCUT2D eigenvalue weighted by Crippen LogP contribution is 2.37. The summed E-state index contributed by atoms with van der Waals surface area (Å²) >= 11 is 3.66. The molecule has 0 heterocycles. The number of ether oxygens (including phenoxy) is 2. The van der Waals surface area contributed by atoms with E-state index in [1.165, 1.54) is 5.56 Å². The molecule has 3 nitrogen and oxygen atoms in total. The SMILES string of the molecule is CCOc1cc(CN[C@@H](C)c2ccccc2)cc(Br)c1OCc1ccccc1. The Hall–Kier alpha value is -2.30. The van der Waals surface area contributed by atoms with Gasteiger partial charge in [-0.25, -0.2) is 0 Å². The predicted molar refractivity (Wildman–Crippen MR) is 118 cm³/mol. The summed E-state index contributed by atoms with van der Waals surface area (Å²) < 4.78 is 12.8. The second kappa shape index (κ2) is 10.3. The molecule has 0 unspecified atom stereocenters. The van der Waals surface area contributed by atoms with E-state index in [0.29, 0.717) is 13.2 Å². The average molecular weight is 440 g/mol. The molecule has 0 saturated carbocycles. The van der Waals surface area contributed by atoms with Crippen LogP contribution in [0.1, 0.15) is 36.6 Å². The fourth-order valence-corrected chi connectivity index (χ4v) is 3.59. The summed E-state index contributed by atoms with van der Waals surface area (Å²) in [6.07, 6.45) is 0. The van der Waals surface area contributed by atoms with Crippen molar-refractivity contribution in [2.45, 2.75) is 33.0 Å². The van der Waals surface area contributed by atoms with Gasteiger partial charge in [0.05, 0.1) is 11.1 Å². The second-order valence-electron chi connectivity index (χ2n) is 6.63. The topological polar surface area (TPSA) is 30.5 Å². The molecule has 0 fully saturated rings. The molecule has 146 valence electrons. The Bertz CT molecular complexity index is 869. The van der Waals surface area contributed by atoms with E-state index in [-0.39, 0.29) is 6.04 Å². The molecule has 28 heavy (non-hydrogen) atoms. The maximum Gasteiger partial charge on any atom is 0.175 e. The lowest BCUT2D eigenvalue weighted by atomic mass is 10.1. The molecule has 3 rings (SSSR count). The van der Waals surface area contributed by atoms with Crippen molar-refractivity contribution in [1.29, 1.82) is 0 Å². The summed E-state index contributed by atoms with van der Waals surface area (Å²) in [5.74, 6) is 1.50. The first kappa shape index (κ1) is 20.4. The van der Waals surface area contributed by atoms with Crippen LogP contribution in [0, 0.1) is 0 Å². The molecule has 0 aliphatic heterocycles. The van der Waals surface area contributed by atoms with Gasteiger partial charge in [0.25, 0.3) is 0 Å². The van der Waals surface area contributed by atoms with Crippen LogP contribution in [-0.2, 0) is 13.2 Å². The minimum atomic E-state index is 0.268. The molecule has 0 bridgehead atoms. The van der Waals surface area contributed by atoms with E-state index >= 15 is 0 Å². The van der Waals surface area contributed by atoms with Gasteiger partial charge in [0, 0.05) is 12.6 Å². The van der Waals surface area contributed by atoms with Crippen LogP contribution in [0.4, 0.5) is 0 Å². The molecule has 3 aromatic rings. The first-order chi connectivity index (χ1) is 13.7. The standard InChI is InChI=1S/C24H26BrNO2/c1-3-27-23-15-20(16-26-18(2)21-12-8-5-9-13-21)14-22(25)24(23)28-17-19-10-6-4-7-11-19/h4-15,18,26H,3,16-17H2,1-2H3/t18-/m0/s1. The van der Waals surface area contributed by atoms with Crippen molar-refractivity contribution in [1.82, 2.24) is 5.32 Å². The summed E-state index contributed by atoms with van der Waals surface area (Å²) in [5, 5.41) is 3.57. The van der Waals surface area contributed by atoms with Gasteiger partial charge in [-0.15, -0.1) is 0 Å². The maximum absolute atomic E-state index is 6.06. The number of benzene rings is 3. The van der Waals surface area contributed by atoms with Crippen LogP contribution in [0.15, 0.2) is 77.3 Å². The Morgan fingerprint density at radius 2 is 1.57 bits per heavy atom. The number of hydrogen-bond donors (Lipinski definition) is 1. The smallest absolute Gasteiger partial charge is 0.175 e. The molecule has 3 aromatic carbocycles. The zero-order valence-electron chi connectivity index (χ0n) is 16.3. The van der Waals surface area contributed by atoms with Crippen LogP contribution < -0.4 is 14.8 Å². The number of rotatable bonds is 9. The minimum absolute atomic E-state index is 0.268. The first-order valence-corrected chi connectivity index (χ1v) is 10.4. The van der Waals surface area contributed by atoms with Crippen LogP contribution in [-0.4, -0.2) is 6.61 Å². The summed E-state index contributed by atoms with van der Waals surface area (Å²) in [6.45, 7) is 5.99. The Morgan fingerprint density at radius 3 is 2.25 bits per heavy atom. The average Bonchev–Trinajstić information content (AvgIpc) is 2.73. The quantitative estimate of drug-likeness (QED) is 0.425. The molecule has 0 aliphatic carbocycles. The Morgan fingerprint density at radius 1 is 0.893 bits per heavy atom. The molecule has 1 N–H and O–H groups in total. The highest BCUT2D eigenvalue weighted by atomic mass is 79.9. The molecule has 1 atom stereocenters. The number of nitrogens with one attached hydrogen (secondary N) is 1. The summed E-state index contributed by atoms with van der Waals surface area (Å²) in [4.78, 5) is 0. The first-order valence-electron chi connectivity index (χ1n) is 9.57. The monoisotopic (exact) mass is 439 g/mol. The fraction of sp³-hybridized carbons (Fsp3) is 0.250. The third kappa shape index (κ3) is 5.60. The van der Waals surface area contributed by atoms with Crippen LogP contribution in [0.2, 0.25) is 0 Å². The molecule has 0 saturated heterocycles. The third-order valence-corrected chi connectivity index (χ3v) is 5.10. The zero-order chi connectivity index (χ0) is 19.8. The molecular formula is C24H26BrNO2. The van der Waals surface area contributed by atoms with Crippen molar-refractivity contribution in [3.63, 3.8) is 0 Å². The fourth-order valence-electron chi connectivity index (χ4n) is 2.99. The highest BCUT2D eigenvalue weighted by molar-refractivity contribution is 9.10. The minimum Gasteiger partial charge on any atom is -0.490 e. The normalized spacial score (nSPS) is 11.8. The van der Waals surface area contributed by atoms with Crippen molar-refractivity contribution >= 4 is 15.9 Å². The lowest BCUT2D eigenvalue weighted by Gasteiger charge is -2.18. The van der Waals surface area contributed by atoms with Gasteiger partial charge >= 0.3 is 0 Å². The van der Waals surface area contributed by atoms with Crippen LogP contribution in [0.3, 0.4) is 0 Å². The zero-order valence-corrected chi connectivity index (χ0v) is 17.9. The number of halogens is 1. The van der Waals surface area contributed by atoms with Crippen LogP contribution >= 0.6 is 15.9 Å². The van der Waals surface area contributed by atoms with E-state index in [9.17, 15) is 0 Å². The van der Waals surface area contributed by atoms with E-state index < -0.39 is 0 Å². The van der Waals surface area contributed by atoms with Gasteiger partial charge < -0.3 is 14.8 Å². The van der Waals surface area contributed by atoms with E-state index in [0.717, 1.165) is 33.6 Å². The summed E-state index contributed by atoms with van der Waals surface area (Å²) in [6, 6.07) is 25.0. The van der Waals surface area contributed by atoms with Crippen molar-refractivity contribution in [3.05, 3.63) is 94.0 Å². The van der Waals surface area contributed by atoms with Gasteiger partial charge in [-0.1, -0.05) is 60.7 Å². The van der Waals surface area contributed by atoms with E-state index in [2.05, 4.69) is 76.7 Å². The van der Waals surface area contributed by atoms with Gasteiger partial charge in [0.1, 0.15) is 6.61 Å². The Labute approximate surface area is 175 Å². The van der Waals surface area contributed by atoms with Crippen molar-refractivity contribution in [2.75, 3.05) is 6.61 Å². The van der Waals surface area contributed by atoms with Crippen molar-refractivity contribution < 1.29 is 9.47 Å². The molecule has 4 heteroatoms. The van der Waals surface area contributed by atoms with Crippen molar-refractivity contribution in [2.24, 2.45) is 0 Å². The van der Waals surface area contributed by atoms with Crippen LogP contribution in [0.5, 0.6) is 11.5 Å². The number of hydrogen-bond acceptors (Lipinski definition) is 3. The molecule has 0 aliphatic rings. The summed E-state index contributed by atoms with van der Waals surface area (Å²) in [7, 11) is 0. The predicted octanol–water partition coefficient (Wildman–Crippen LogP) is 6.28. The Kier molecular flexibility index (Phi) is 7.52. The van der Waals surface area contributed by atoms with E-state index in [4.69, 9.17) is 9.47 Å². The van der Waals surface area contributed by atoms with Crippen molar-refractivity contribution in [3.8, 4) is 11.5 Å². The highest BCUT2D eigenvalue weighted by Gasteiger charge is 2.13. The lowest BCUT2D eigenvalue weighted by Crippen LogP contribution is -2.18. The maximum atomic E-state index is 6.06. The largest absolute Gasteiger partial charge is 0.490 e. The van der Waals surface area contributed by atoms with Gasteiger partial charge in [-0.2, -0.15) is 0 Å². The Balaban J connectivity index is 1.71. The van der Waals surface area contributed by atoms with E-state index in [1.54, 1.807) is 0 Å². The molecular weight excluding hydrogens is 414 g/mol. The van der Waals surface area contributed by atoms with Gasteiger partial charge in [0.15, 0.2) is 11.5 Å². The molecule has 0 radical (unpaired) electrons. The van der Waals surface area contributed by atoms with Gasteiger partial charge in [-0.05, 0) is 58.6 Å². The van der Waals surface area contributed by atoms with Gasteiger partial charge in [0.2, 0.25) is 0 Å². The molecule has 0 spiro atoms. The second-order valence-corrected chi connectivity index (χ2v) is 7.48. The van der Waals surface area contributed by atoms with Crippen LogP contribution in [0.25, 0.3) is 0 Å².